The number of fused-ring (bicyclic) bond motifs is 3. The predicted octanol–water partition coefficient (Wildman–Crippen LogP) is 7.08. The lowest BCUT2D eigenvalue weighted by Crippen LogP contribution is -2.55. The van der Waals surface area contributed by atoms with Crippen molar-refractivity contribution in [1.29, 1.82) is 0 Å². The van der Waals surface area contributed by atoms with Gasteiger partial charge in [0, 0.05) is 24.5 Å². The Balaban J connectivity index is 1.74. The van der Waals surface area contributed by atoms with Crippen molar-refractivity contribution in [2.45, 2.75) is 112 Å². The summed E-state index contributed by atoms with van der Waals surface area (Å²) < 4.78 is 20.3. The van der Waals surface area contributed by atoms with Crippen molar-refractivity contribution in [2.24, 2.45) is 51.8 Å². The van der Waals surface area contributed by atoms with Gasteiger partial charge in [0.15, 0.2) is 11.1 Å². The van der Waals surface area contributed by atoms with E-state index < -0.39 is 11.1 Å². The largest absolute Gasteiger partial charge is 0.306 e. The van der Waals surface area contributed by atoms with Gasteiger partial charge in [-0.3, -0.25) is 4.79 Å². The van der Waals surface area contributed by atoms with E-state index in [0.29, 0.717) is 48.0 Å². The maximum atomic E-state index is 13.6. The maximum Gasteiger partial charge on any atom is 0.152 e. The van der Waals surface area contributed by atoms with Crippen LogP contribution in [0.25, 0.3) is 0 Å². The quantitative estimate of drug-likeness (QED) is 0.246. The summed E-state index contributed by atoms with van der Waals surface area (Å²) in [5, 5.41) is 0. The lowest BCUT2D eigenvalue weighted by molar-refractivity contribution is -0.153. The van der Waals surface area contributed by atoms with Crippen molar-refractivity contribution >= 4 is 23.1 Å². The number of rotatable bonds is 11. The normalized spacial score (nSPS) is 39.9. The highest BCUT2D eigenvalue weighted by atomic mass is 32.2. The molecule has 3 fully saturated rings. The van der Waals surface area contributed by atoms with Gasteiger partial charge in [0.2, 0.25) is 0 Å². The van der Waals surface area contributed by atoms with Gasteiger partial charge < -0.3 is 9.35 Å². The lowest BCUT2D eigenvalue weighted by atomic mass is 9.45. The molecule has 3 aliphatic carbocycles. The van der Waals surface area contributed by atoms with E-state index in [9.17, 15) is 18.4 Å². The van der Waals surface area contributed by atoms with Crippen LogP contribution in [-0.4, -0.2) is 26.6 Å². The molecule has 9 unspecified atom stereocenters. The van der Waals surface area contributed by atoms with Gasteiger partial charge in [-0.1, -0.05) is 48.0 Å². The number of ketones is 1. The second-order valence-corrected chi connectivity index (χ2v) is 14.4. The molecular formula is C29H50O4S. The first-order valence-corrected chi connectivity index (χ1v) is 15.2. The molecule has 0 aromatic heterocycles. The second kappa shape index (κ2) is 10.8. The van der Waals surface area contributed by atoms with E-state index in [1.807, 2.05) is 0 Å². The van der Waals surface area contributed by atoms with Gasteiger partial charge in [0.1, 0.15) is 12.1 Å². The number of aldehydes is 1. The van der Waals surface area contributed by atoms with Crippen LogP contribution in [0.4, 0.5) is 0 Å². The molecule has 0 aromatic rings. The standard InChI is InChI=1S/C29H50O4S/c1-7-14-28(5)22(12-17-30)19-25(31)26-23-9-8-21(29(23,6)16-11-24(26)28)10-15-27(3,4)20(2)13-18-34(32)33/h17,20-24,26H,7-16,18-19H2,1-6H3,(H,32,33). The minimum Gasteiger partial charge on any atom is -0.306 e. The van der Waals surface area contributed by atoms with Gasteiger partial charge in [0.25, 0.3) is 0 Å². The van der Waals surface area contributed by atoms with Crippen LogP contribution in [0.2, 0.25) is 0 Å². The number of Topliss-reactive ketones (excluding diaryl/α,β-unsaturated/α-hetero) is 1. The highest BCUT2D eigenvalue weighted by molar-refractivity contribution is 7.79. The molecule has 3 aliphatic rings. The Morgan fingerprint density at radius 2 is 1.88 bits per heavy atom. The van der Waals surface area contributed by atoms with Crippen molar-refractivity contribution in [1.82, 2.24) is 0 Å². The van der Waals surface area contributed by atoms with E-state index in [0.717, 1.165) is 38.4 Å². The van der Waals surface area contributed by atoms with E-state index in [1.54, 1.807) is 0 Å². The van der Waals surface area contributed by atoms with Crippen LogP contribution in [-0.2, 0) is 20.7 Å². The van der Waals surface area contributed by atoms with Gasteiger partial charge in [-0.05, 0) is 97.2 Å². The summed E-state index contributed by atoms with van der Waals surface area (Å²) >= 11 is -1.71. The molecule has 0 heterocycles. The van der Waals surface area contributed by atoms with Crippen LogP contribution in [0, 0.1) is 51.8 Å². The van der Waals surface area contributed by atoms with Gasteiger partial charge in [-0.25, -0.2) is 4.21 Å². The SMILES string of the molecule is CCCC1(C)C(CC=O)CC(=O)C2C3CCC(CCC(C)(C)C(C)CCS(=O)O)C3(C)CCC21. The van der Waals surface area contributed by atoms with Crippen LogP contribution in [0.3, 0.4) is 0 Å². The van der Waals surface area contributed by atoms with Crippen LogP contribution in [0.1, 0.15) is 112 Å². The third kappa shape index (κ3) is 5.26. The van der Waals surface area contributed by atoms with Gasteiger partial charge in [0.05, 0.1) is 0 Å². The number of carbonyl (C=O) groups is 2. The molecule has 0 aromatic carbocycles. The summed E-state index contributed by atoms with van der Waals surface area (Å²) in [5.74, 6) is 3.23. The van der Waals surface area contributed by atoms with E-state index in [4.69, 9.17) is 0 Å². The Kier molecular flexibility index (Phi) is 8.92. The van der Waals surface area contributed by atoms with Gasteiger partial charge in [-0.2, -0.15) is 0 Å². The Bertz CT molecular complexity index is 763. The zero-order chi connectivity index (χ0) is 25.3. The zero-order valence-electron chi connectivity index (χ0n) is 22.6. The van der Waals surface area contributed by atoms with Gasteiger partial charge in [-0.15, -0.1) is 0 Å². The second-order valence-electron chi connectivity index (χ2n) is 13.3. The molecule has 0 aliphatic heterocycles. The Morgan fingerprint density at radius 1 is 1.18 bits per heavy atom. The summed E-state index contributed by atoms with van der Waals surface area (Å²) in [7, 11) is 0. The average molecular weight is 495 g/mol. The summed E-state index contributed by atoms with van der Waals surface area (Å²) in [6, 6.07) is 0. The molecule has 0 bridgehead atoms. The Labute approximate surface area is 211 Å². The lowest BCUT2D eigenvalue weighted by Gasteiger charge is -2.58. The van der Waals surface area contributed by atoms with Crippen LogP contribution < -0.4 is 0 Å². The molecule has 5 heteroatoms. The first-order chi connectivity index (χ1) is 15.9. The predicted molar refractivity (Wildman–Crippen MR) is 140 cm³/mol. The van der Waals surface area contributed by atoms with Crippen molar-refractivity contribution in [3.8, 4) is 0 Å². The Morgan fingerprint density at radius 3 is 2.50 bits per heavy atom. The maximum absolute atomic E-state index is 13.6. The van der Waals surface area contributed by atoms with Crippen molar-refractivity contribution in [3.63, 3.8) is 0 Å². The van der Waals surface area contributed by atoms with Crippen LogP contribution >= 0.6 is 0 Å². The molecule has 34 heavy (non-hydrogen) atoms. The summed E-state index contributed by atoms with van der Waals surface area (Å²) in [4.78, 5) is 25.0. The molecule has 0 spiro atoms. The highest BCUT2D eigenvalue weighted by Crippen LogP contribution is 2.66. The first-order valence-electron chi connectivity index (χ1n) is 13.9. The molecule has 3 saturated carbocycles. The van der Waals surface area contributed by atoms with Crippen LogP contribution in [0.15, 0.2) is 0 Å². The zero-order valence-corrected chi connectivity index (χ0v) is 23.4. The molecular weight excluding hydrogens is 444 g/mol. The van der Waals surface area contributed by atoms with E-state index >= 15 is 0 Å². The summed E-state index contributed by atoms with van der Waals surface area (Å²) in [5.41, 5.74) is 0.499. The number of hydrogen-bond donors (Lipinski definition) is 1. The summed E-state index contributed by atoms with van der Waals surface area (Å²) in [6.07, 6.45) is 12.3. The fourth-order valence-corrected chi connectivity index (χ4v) is 9.24. The minimum absolute atomic E-state index is 0.109. The fraction of sp³-hybridized carbons (Fsp3) is 0.931. The van der Waals surface area contributed by atoms with Crippen LogP contribution in [0.5, 0.6) is 0 Å². The third-order valence-electron chi connectivity index (χ3n) is 11.4. The minimum atomic E-state index is -1.71. The monoisotopic (exact) mass is 494 g/mol. The third-order valence-corrected chi connectivity index (χ3v) is 12.0. The van der Waals surface area contributed by atoms with E-state index in [2.05, 4.69) is 41.5 Å². The number of carbonyl (C=O) groups excluding carboxylic acids is 2. The molecule has 0 saturated heterocycles. The van der Waals surface area contributed by atoms with Gasteiger partial charge >= 0.3 is 0 Å². The molecule has 0 amide bonds. The molecule has 196 valence electrons. The Hall–Kier alpha value is -0.550. The number of hydrogen-bond acceptors (Lipinski definition) is 3. The topological polar surface area (TPSA) is 71.4 Å². The highest BCUT2D eigenvalue weighted by Gasteiger charge is 2.61. The van der Waals surface area contributed by atoms with E-state index in [-0.39, 0.29) is 28.1 Å². The van der Waals surface area contributed by atoms with Crippen molar-refractivity contribution in [3.05, 3.63) is 0 Å². The fourth-order valence-electron chi connectivity index (χ4n) is 8.68. The van der Waals surface area contributed by atoms with Crippen molar-refractivity contribution in [2.75, 3.05) is 5.75 Å². The molecule has 9 atom stereocenters. The smallest absolute Gasteiger partial charge is 0.152 e. The molecule has 0 radical (unpaired) electrons. The molecule has 1 N–H and O–H groups in total. The molecule has 3 rings (SSSR count). The summed E-state index contributed by atoms with van der Waals surface area (Å²) in [6.45, 7) is 14.0. The first kappa shape index (κ1) is 28.0. The molecule has 4 nitrogen and oxygen atoms in total. The average Bonchev–Trinajstić information content (AvgIpc) is 3.10. The van der Waals surface area contributed by atoms with E-state index in [1.165, 1.54) is 25.7 Å². The van der Waals surface area contributed by atoms with Crippen molar-refractivity contribution < 1.29 is 18.4 Å².